The Labute approximate surface area is 215 Å². The van der Waals surface area contributed by atoms with Gasteiger partial charge in [0.15, 0.2) is 0 Å². The molecule has 2 aliphatic carbocycles. The molecule has 0 aromatic heterocycles. The van der Waals surface area contributed by atoms with Crippen LogP contribution in [0.3, 0.4) is 0 Å². The highest BCUT2D eigenvalue weighted by Gasteiger charge is 2.27. The zero-order valence-electron chi connectivity index (χ0n) is 16.0. The van der Waals surface area contributed by atoms with Crippen molar-refractivity contribution < 1.29 is 19.8 Å². The third kappa shape index (κ3) is 18.2. The van der Waals surface area contributed by atoms with Crippen molar-refractivity contribution in [2.45, 2.75) is 97.9 Å². The van der Waals surface area contributed by atoms with Gasteiger partial charge in [-0.25, -0.2) is 0 Å². The van der Waals surface area contributed by atoms with Crippen LogP contribution in [0, 0.1) is 11.8 Å². The van der Waals surface area contributed by atoms with Crippen LogP contribution >= 0.6 is 51.8 Å². The summed E-state index contributed by atoms with van der Waals surface area (Å²) < 4.78 is 0. The fraction of sp³-hybridized carbons (Fsp3) is 0.895. The van der Waals surface area contributed by atoms with Crippen LogP contribution < -0.4 is 22.9 Å². The van der Waals surface area contributed by atoms with Crippen molar-refractivity contribution >= 4 is 63.6 Å². The minimum absolute atomic E-state index is 0. The molecule has 8 nitrogen and oxygen atoms in total. The Morgan fingerprint density at radius 2 is 0.935 bits per heavy atom. The van der Waals surface area contributed by atoms with Crippen LogP contribution in [0.1, 0.15) is 73.6 Å². The SMILES string of the molecule is C.C.C.Cl.Cl.NC(=O)[C@@H](O)[C@@H](N)CC1CCC1.NC(=O)[C@H](O)[C@H](N)CC1CCC1.S.S. The number of rotatable bonds is 8. The van der Waals surface area contributed by atoms with Crippen LogP contribution in [-0.4, -0.2) is 46.3 Å². The number of primary amides is 2. The Morgan fingerprint density at radius 1 is 0.710 bits per heavy atom. The Balaban J connectivity index is -0.0000000606. The normalized spacial score (nSPS) is 17.7. The predicted octanol–water partition coefficient (Wildman–Crippen LogP) is 1.68. The van der Waals surface area contributed by atoms with E-state index in [9.17, 15) is 9.59 Å². The second-order valence-electron chi connectivity index (χ2n) is 7.09. The van der Waals surface area contributed by atoms with E-state index in [4.69, 9.17) is 33.1 Å². The number of aliphatic hydroxyl groups is 2. The molecule has 0 aromatic carbocycles. The second kappa shape index (κ2) is 24.7. The van der Waals surface area contributed by atoms with E-state index in [0.717, 1.165) is 0 Å². The molecule has 2 rings (SSSR count). The Morgan fingerprint density at radius 3 is 1.06 bits per heavy atom. The molecule has 0 radical (unpaired) electrons. The largest absolute Gasteiger partial charge is 0.382 e. The molecule has 2 fully saturated rings. The van der Waals surface area contributed by atoms with Gasteiger partial charge in [-0.3, -0.25) is 9.59 Å². The molecule has 0 bridgehead atoms. The molecule has 196 valence electrons. The Kier molecular flexibility index (Phi) is 38.6. The summed E-state index contributed by atoms with van der Waals surface area (Å²) in [5.41, 5.74) is 21.0. The van der Waals surface area contributed by atoms with Crippen LogP contribution in [0.4, 0.5) is 0 Å². The number of hydrogen-bond acceptors (Lipinski definition) is 6. The van der Waals surface area contributed by atoms with Crippen molar-refractivity contribution in [3.05, 3.63) is 0 Å². The first-order valence-corrected chi connectivity index (χ1v) is 8.68. The highest BCUT2D eigenvalue weighted by atomic mass is 35.5. The highest BCUT2D eigenvalue weighted by molar-refractivity contribution is 7.59. The molecule has 12 heteroatoms. The lowest BCUT2D eigenvalue weighted by atomic mass is 9.80. The molecule has 0 aliphatic heterocycles. The summed E-state index contributed by atoms with van der Waals surface area (Å²) in [5, 5.41) is 18.3. The zero-order valence-corrected chi connectivity index (χ0v) is 19.6. The van der Waals surface area contributed by atoms with Gasteiger partial charge in [0.2, 0.25) is 11.8 Å². The Bertz CT molecular complexity index is 398. The smallest absolute Gasteiger partial charge is 0.247 e. The van der Waals surface area contributed by atoms with Gasteiger partial charge in [-0.2, -0.15) is 27.0 Å². The van der Waals surface area contributed by atoms with Gasteiger partial charge in [-0.05, 0) is 24.7 Å². The van der Waals surface area contributed by atoms with Gasteiger partial charge in [-0.15, -0.1) is 24.8 Å². The van der Waals surface area contributed by atoms with Crippen molar-refractivity contribution in [2.24, 2.45) is 34.8 Å². The molecule has 2 saturated carbocycles. The molecule has 0 heterocycles. The molecule has 0 spiro atoms. The van der Waals surface area contributed by atoms with E-state index in [1.807, 2.05) is 0 Å². The maximum Gasteiger partial charge on any atom is 0.247 e. The number of hydrogen-bond donors (Lipinski definition) is 6. The van der Waals surface area contributed by atoms with E-state index >= 15 is 0 Å². The average molecular weight is 534 g/mol. The third-order valence-corrected chi connectivity index (χ3v) is 5.05. The second-order valence-corrected chi connectivity index (χ2v) is 7.09. The monoisotopic (exact) mass is 532 g/mol. The summed E-state index contributed by atoms with van der Waals surface area (Å²) >= 11 is 0. The van der Waals surface area contributed by atoms with Gasteiger partial charge >= 0.3 is 0 Å². The molecular formula is C19H50Cl2N4O4S2. The molecule has 31 heavy (non-hydrogen) atoms. The maximum atomic E-state index is 10.5. The lowest BCUT2D eigenvalue weighted by Gasteiger charge is -2.29. The molecule has 2 amide bonds. The van der Waals surface area contributed by atoms with Crippen LogP contribution in [0.25, 0.3) is 0 Å². The van der Waals surface area contributed by atoms with E-state index in [1.165, 1.54) is 38.5 Å². The standard InChI is InChI=1S/2C8H16N2O2.3CH4.2ClH.2H2S/c2*9-6(7(11)8(10)12)4-5-2-1-3-5;;;;;;;/h2*5-7,11H,1-4,9H2,(H2,10,12);3*1H4;2*1H;2*1H2/t2*6-,7-;;;;;;;/m10......./s1. The summed E-state index contributed by atoms with van der Waals surface area (Å²) in [4.78, 5) is 21.0. The quantitative estimate of drug-likeness (QED) is 0.276. The average Bonchev–Trinajstić information content (AvgIpc) is 2.44. The first-order chi connectivity index (χ1) is 11.2. The summed E-state index contributed by atoms with van der Waals surface area (Å²) in [5.74, 6) is -0.258. The van der Waals surface area contributed by atoms with Crippen molar-refractivity contribution in [3.63, 3.8) is 0 Å². The number of halogens is 2. The van der Waals surface area contributed by atoms with Crippen molar-refractivity contribution in [3.8, 4) is 0 Å². The van der Waals surface area contributed by atoms with E-state index in [2.05, 4.69) is 0 Å². The molecule has 0 unspecified atom stereocenters. The van der Waals surface area contributed by atoms with Crippen LogP contribution in [0.5, 0.6) is 0 Å². The summed E-state index contributed by atoms with van der Waals surface area (Å²) in [6.07, 6.45) is 6.22. The molecule has 0 aromatic rings. The molecule has 0 saturated heterocycles. The summed E-state index contributed by atoms with van der Waals surface area (Å²) in [6, 6.07) is -0.958. The van der Waals surface area contributed by atoms with E-state index in [0.29, 0.717) is 24.7 Å². The number of nitrogens with two attached hydrogens (primary N) is 4. The minimum atomic E-state index is -1.18. The lowest BCUT2D eigenvalue weighted by Crippen LogP contribution is -2.45. The number of amides is 2. The summed E-state index contributed by atoms with van der Waals surface area (Å²) in [7, 11) is 0. The van der Waals surface area contributed by atoms with E-state index in [-0.39, 0.29) is 74.1 Å². The first-order valence-electron chi connectivity index (χ1n) is 8.68. The fourth-order valence-corrected chi connectivity index (χ4v) is 2.91. The van der Waals surface area contributed by atoms with Gasteiger partial charge in [0, 0.05) is 12.1 Å². The van der Waals surface area contributed by atoms with Gasteiger partial charge in [0.25, 0.3) is 0 Å². The fourth-order valence-electron chi connectivity index (χ4n) is 2.91. The number of carbonyl (C=O) groups is 2. The molecular weight excluding hydrogens is 483 g/mol. The first kappa shape index (κ1) is 48.5. The highest BCUT2D eigenvalue weighted by Crippen LogP contribution is 2.31. The number of carbonyl (C=O) groups excluding carboxylic acids is 2. The third-order valence-electron chi connectivity index (χ3n) is 5.05. The van der Waals surface area contributed by atoms with Crippen molar-refractivity contribution in [1.82, 2.24) is 0 Å². The van der Waals surface area contributed by atoms with Gasteiger partial charge in [0.05, 0.1) is 0 Å². The predicted molar refractivity (Wildman–Crippen MR) is 146 cm³/mol. The number of aliphatic hydroxyl groups excluding tert-OH is 2. The Hall–Kier alpha value is 0.0600. The van der Waals surface area contributed by atoms with Gasteiger partial charge in [0.1, 0.15) is 12.2 Å². The zero-order chi connectivity index (χ0) is 18.3. The lowest BCUT2D eigenvalue weighted by molar-refractivity contribution is -0.127. The minimum Gasteiger partial charge on any atom is -0.382 e. The summed E-state index contributed by atoms with van der Waals surface area (Å²) in [6.45, 7) is 0. The van der Waals surface area contributed by atoms with Crippen LogP contribution in [0.15, 0.2) is 0 Å². The molecule has 2 aliphatic rings. The topological polar surface area (TPSA) is 179 Å². The van der Waals surface area contributed by atoms with Crippen molar-refractivity contribution in [2.75, 3.05) is 0 Å². The molecule has 4 atom stereocenters. The van der Waals surface area contributed by atoms with Crippen LogP contribution in [-0.2, 0) is 9.59 Å². The van der Waals surface area contributed by atoms with Crippen LogP contribution in [0.2, 0.25) is 0 Å². The molecule has 10 N–H and O–H groups in total. The van der Waals surface area contributed by atoms with E-state index in [1.54, 1.807) is 0 Å². The van der Waals surface area contributed by atoms with Gasteiger partial charge in [-0.1, -0.05) is 60.8 Å². The maximum absolute atomic E-state index is 10.5. The van der Waals surface area contributed by atoms with Gasteiger partial charge < -0.3 is 33.1 Å². The van der Waals surface area contributed by atoms with E-state index < -0.39 is 36.1 Å². The van der Waals surface area contributed by atoms with Crippen molar-refractivity contribution in [1.29, 1.82) is 0 Å².